The third kappa shape index (κ3) is 1.85. The first kappa shape index (κ1) is 9.26. The van der Waals surface area contributed by atoms with Crippen molar-refractivity contribution < 1.29 is 12.5 Å². The third-order valence-electron chi connectivity index (χ3n) is 1.11. The maximum atomic E-state index is 12.7. The number of rotatable bonds is 1. The molecule has 0 aliphatic heterocycles. The van der Waals surface area contributed by atoms with Gasteiger partial charge in [-0.1, -0.05) is 0 Å². The normalized spacial score (nSPS) is 10.5. The zero-order valence-electron chi connectivity index (χ0n) is 5.14. The van der Waals surface area contributed by atoms with Crippen molar-refractivity contribution >= 4 is 42.6 Å². The van der Waals surface area contributed by atoms with Crippen LogP contribution in [0.15, 0.2) is 12.1 Å². The fourth-order valence-electron chi connectivity index (χ4n) is 0.586. The molecule has 0 amide bonds. The van der Waals surface area contributed by atoms with Crippen molar-refractivity contribution in [2.45, 2.75) is 0 Å². The van der Waals surface area contributed by atoms with Crippen LogP contribution in [0.3, 0.4) is 0 Å². The van der Waals surface area contributed by atoms with Crippen LogP contribution in [0.5, 0.6) is 0 Å². The average Bonchev–Trinajstić information content (AvgIpc) is 2.01. The van der Waals surface area contributed by atoms with Gasteiger partial charge in [0, 0.05) is 0 Å². The van der Waals surface area contributed by atoms with Crippen molar-refractivity contribution in [3.05, 3.63) is 27.3 Å². The summed E-state index contributed by atoms with van der Waals surface area (Å²) >= 11 is 0.197. The number of benzene rings is 1. The van der Waals surface area contributed by atoms with Crippen LogP contribution in [-0.4, -0.2) is 15.7 Å². The monoisotopic (exact) mass is 330 g/mol. The first-order chi connectivity index (χ1) is 5.16. The average molecular weight is 330 g/mol. The summed E-state index contributed by atoms with van der Waals surface area (Å²) in [6.07, 6.45) is 0. The minimum atomic E-state index is -1.48. The van der Waals surface area contributed by atoms with E-state index in [0.29, 0.717) is 0 Å². The van der Waals surface area contributed by atoms with Crippen molar-refractivity contribution in [2.75, 3.05) is 0 Å². The van der Waals surface area contributed by atoms with Gasteiger partial charge in [0.2, 0.25) is 0 Å². The van der Waals surface area contributed by atoms with E-state index >= 15 is 0 Å². The van der Waals surface area contributed by atoms with Crippen LogP contribution >= 0.6 is 22.6 Å². The van der Waals surface area contributed by atoms with E-state index in [2.05, 4.69) is 0 Å². The van der Waals surface area contributed by atoms with E-state index in [1.807, 2.05) is 0 Å². The molecule has 0 unspecified atom stereocenters. The van der Waals surface area contributed by atoms with E-state index in [9.17, 15) is 12.5 Å². The molecule has 0 bridgehead atoms. The van der Waals surface area contributed by atoms with Crippen molar-refractivity contribution in [1.82, 2.24) is 0 Å². The molecule has 0 spiro atoms. The van der Waals surface area contributed by atoms with Crippen LogP contribution in [0.25, 0.3) is 0 Å². The van der Waals surface area contributed by atoms with E-state index in [-0.39, 0.29) is 7.92 Å². The van der Waals surface area contributed by atoms with Gasteiger partial charge < -0.3 is 0 Å². The molecule has 1 aromatic carbocycles. The van der Waals surface area contributed by atoms with Gasteiger partial charge in [-0.3, -0.25) is 0 Å². The molecule has 1 rings (SSSR count). The molecule has 0 atom stereocenters. The fourth-order valence-corrected chi connectivity index (χ4v) is 1.66. The Morgan fingerprint density at radius 1 is 1.27 bits per heavy atom. The molecule has 0 aromatic heterocycles. The van der Waals surface area contributed by atoms with Crippen LogP contribution < -0.4 is 4.35 Å². The molecule has 0 radical (unpaired) electrons. The Bertz CT molecular complexity index is 303. The van der Waals surface area contributed by atoms with Gasteiger partial charge >= 0.3 is 82.5 Å². The Morgan fingerprint density at radius 3 is 2.45 bits per heavy atom. The van der Waals surface area contributed by atoms with Crippen LogP contribution in [0.4, 0.5) is 8.78 Å². The van der Waals surface area contributed by atoms with Gasteiger partial charge in [-0.2, -0.15) is 0 Å². The van der Waals surface area contributed by atoms with Gasteiger partial charge in [-0.05, 0) is 0 Å². The zero-order chi connectivity index (χ0) is 8.43. The number of hydrogen-bond donors (Lipinski definition) is 0. The third-order valence-corrected chi connectivity index (χ3v) is 3.08. The van der Waals surface area contributed by atoms with E-state index in [1.165, 1.54) is 12.1 Å². The minimum absolute atomic E-state index is 0.0285. The van der Waals surface area contributed by atoms with Crippen LogP contribution in [0.2, 0.25) is 0 Å². The van der Waals surface area contributed by atoms with Crippen molar-refractivity contribution in [2.24, 2.45) is 0 Å². The SMILES string of the molecule is O=[As]c1ccc(I)c(F)c1F. The zero-order valence-corrected chi connectivity index (χ0v) is 9.18. The second kappa shape index (κ2) is 3.72. The molecule has 11 heavy (non-hydrogen) atoms. The first-order valence-corrected chi connectivity index (χ1v) is 5.42. The molecule has 0 N–H and O–H groups in total. The molecule has 58 valence electrons. The van der Waals surface area contributed by atoms with Crippen LogP contribution in [-0.2, 0) is 3.74 Å². The van der Waals surface area contributed by atoms with Crippen molar-refractivity contribution in [1.29, 1.82) is 0 Å². The molecular formula is C6H2AsF2IO. The molecular weight excluding hydrogens is 328 g/mol. The number of hydrogen-bond acceptors (Lipinski definition) is 1. The Balaban J connectivity index is 3.36. The quantitative estimate of drug-likeness (QED) is 0.430. The Hall–Kier alpha value is 0.168. The van der Waals surface area contributed by atoms with E-state index in [0.717, 1.165) is 0 Å². The molecule has 1 nitrogen and oxygen atoms in total. The molecule has 1 aromatic rings. The molecule has 0 heterocycles. The summed E-state index contributed by atoms with van der Waals surface area (Å²) in [4.78, 5) is 0. The van der Waals surface area contributed by atoms with E-state index in [1.54, 1.807) is 22.6 Å². The second-order valence-corrected chi connectivity index (χ2v) is 4.34. The summed E-state index contributed by atoms with van der Waals surface area (Å²) < 4.78 is 35.9. The predicted molar refractivity (Wildman–Crippen MR) is 45.1 cm³/mol. The molecule has 0 aliphatic carbocycles. The molecule has 0 aliphatic rings. The Labute approximate surface area is 82.2 Å². The van der Waals surface area contributed by atoms with Gasteiger partial charge in [0.1, 0.15) is 0 Å². The fraction of sp³-hybridized carbons (Fsp3) is 0. The Morgan fingerprint density at radius 2 is 1.91 bits per heavy atom. The first-order valence-electron chi connectivity index (χ1n) is 2.63. The molecule has 0 saturated heterocycles. The van der Waals surface area contributed by atoms with Crippen molar-refractivity contribution in [3.63, 3.8) is 0 Å². The summed E-state index contributed by atoms with van der Waals surface area (Å²) in [6.45, 7) is 0. The van der Waals surface area contributed by atoms with Gasteiger partial charge in [-0.25, -0.2) is 0 Å². The molecule has 0 saturated carbocycles. The molecule has 0 fully saturated rings. The summed E-state index contributed by atoms with van der Waals surface area (Å²) in [6, 6.07) is 2.75. The summed E-state index contributed by atoms with van der Waals surface area (Å²) in [7, 11) is 0. The van der Waals surface area contributed by atoms with Gasteiger partial charge in [-0.15, -0.1) is 0 Å². The summed E-state index contributed by atoms with van der Waals surface area (Å²) in [5.41, 5.74) is 0. The van der Waals surface area contributed by atoms with E-state index in [4.69, 9.17) is 0 Å². The number of halogens is 3. The second-order valence-electron chi connectivity index (χ2n) is 1.79. The van der Waals surface area contributed by atoms with Gasteiger partial charge in [0.15, 0.2) is 0 Å². The Kier molecular flexibility index (Phi) is 3.13. The molecule has 5 heteroatoms. The van der Waals surface area contributed by atoms with Crippen molar-refractivity contribution in [3.8, 4) is 0 Å². The van der Waals surface area contributed by atoms with E-state index < -0.39 is 27.3 Å². The van der Waals surface area contributed by atoms with Gasteiger partial charge in [0.05, 0.1) is 0 Å². The topological polar surface area (TPSA) is 17.1 Å². The van der Waals surface area contributed by atoms with Gasteiger partial charge in [0.25, 0.3) is 0 Å². The van der Waals surface area contributed by atoms with Crippen LogP contribution in [0, 0.1) is 15.2 Å². The maximum absolute atomic E-state index is 12.7. The standard InChI is InChI=1S/C6H2AsF2IO/c8-5-3(7-11)1-2-4(10)6(5)9/h1-2H. The predicted octanol–water partition coefficient (Wildman–Crippen LogP) is 1.24. The summed E-state index contributed by atoms with van der Waals surface area (Å²) in [5.74, 6) is -1.89. The summed E-state index contributed by atoms with van der Waals surface area (Å²) in [5, 5.41) is 0. The van der Waals surface area contributed by atoms with Crippen LogP contribution in [0.1, 0.15) is 0 Å².